The van der Waals surface area contributed by atoms with Gasteiger partial charge in [-0.3, -0.25) is 9.59 Å². The predicted octanol–water partition coefficient (Wildman–Crippen LogP) is 4.27. The molecule has 1 aliphatic carbocycles. The average molecular weight is 394 g/mol. The Morgan fingerprint density at radius 2 is 1.76 bits per heavy atom. The zero-order valence-corrected chi connectivity index (χ0v) is 16.8. The number of amides is 2. The minimum absolute atomic E-state index is 0.0381. The van der Waals surface area contributed by atoms with Crippen LogP contribution in [0.3, 0.4) is 0 Å². The lowest BCUT2D eigenvalue weighted by atomic mass is 10.1. The largest absolute Gasteiger partial charge is 0.462 e. The lowest BCUT2D eigenvalue weighted by Gasteiger charge is -2.20. The quantitative estimate of drug-likeness (QED) is 0.536. The number of rotatable bonds is 8. The Morgan fingerprint density at radius 1 is 1.07 bits per heavy atom. The summed E-state index contributed by atoms with van der Waals surface area (Å²) in [6.07, 6.45) is 3.60. The van der Waals surface area contributed by atoms with Crippen LogP contribution in [0.2, 0.25) is 0 Å². The van der Waals surface area contributed by atoms with Crippen molar-refractivity contribution in [3.63, 3.8) is 0 Å². The third-order valence-electron chi connectivity index (χ3n) is 4.88. The molecular formula is C23H26N2O4. The van der Waals surface area contributed by atoms with Crippen molar-refractivity contribution in [2.45, 2.75) is 32.6 Å². The van der Waals surface area contributed by atoms with Crippen LogP contribution in [0.1, 0.15) is 53.3 Å². The molecule has 0 unspecified atom stereocenters. The van der Waals surface area contributed by atoms with E-state index in [2.05, 4.69) is 5.32 Å². The second-order valence-corrected chi connectivity index (χ2v) is 7.21. The lowest BCUT2D eigenvalue weighted by molar-refractivity contribution is -0.119. The van der Waals surface area contributed by atoms with E-state index in [1.54, 1.807) is 54.4 Å². The van der Waals surface area contributed by atoms with Crippen LogP contribution in [0.5, 0.6) is 0 Å². The highest BCUT2D eigenvalue weighted by atomic mass is 16.5. The molecule has 1 fully saturated rings. The molecule has 0 atom stereocenters. The number of hydrogen-bond acceptors (Lipinski definition) is 4. The fourth-order valence-electron chi connectivity index (χ4n) is 2.96. The van der Waals surface area contributed by atoms with Gasteiger partial charge < -0.3 is 15.0 Å². The van der Waals surface area contributed by atoms with Crippen molar-refractivity contribution < 1.29 is 19.1 Å². The normalized spacial score (nSPS) is 12.9. The Labute approximate surface area is 170 Å². The van der Waals surface area contributed by atoms with Crippen LogP contribution in [-0.2, 0) is 9.53 Å². The Balaban J connectivity index is 1.67. The van der Waals surface area contributed by atoms with Crippen molar-refractivity contribution in [2.24, 2.45) is 5.92 Å². The number of esters is 1. The van der Waals surface area contributed by atoms with E-state index < -0.39 is 0 Å². The van der Waals surface area contributed by atoms with Gasteiger partial charge in [0.2, 0.25) is 5.91 Å². The summed E-state index contributed by atoms with van der Waals surface area (Å²) in [5.41, 5.74) is 2.01. The first-order chi connectivity index (χ1) is 14.0. The molecule has 0 heterocycles. The molecular weight excluding hydrogens is 368 g/mol. The number of carbonyl (C=O) groups excluding carboxylic acids is 3. The van der Waals surface area contributed by atoms with Crippen LogP contribution in [0.4, 0.5) is 11.4 Å². The van der Waals surface area contributed by atoms with Gasteiger partial charge in [-0.05, 0) is 55.7 Å². The summed E-state index contributed by atoms with van der Waals surface area (Å²) in [4.78, 5) is 38.7. The second-order valence-electron chi connectivity index (χ2n) is 7.21. The van der Waals surface area contributed by atoms with Gasteiger partial charge in [-0.15, -0.1) is 0 Å². The van der Waals surface area contributed by atoms with E-state index in [0.717, 1.165) is 25.7 Å². The molecule has 2 aromatic carbocycles. The van der Waals surface area contributed by atoms with Gasteiger partial charge in [0.1, 0.15) is 0 Å². The second kappa shape index (κ2) is 9.37. The van der Waals surface area contributed by atoms with Crippen LogP contribution < -0.4 is 10.2 Å². The monoisotopic (exact) mass is 394 g/mol. The van der Waals surface area contributed by atoms with E-state index in [-0.39, 0.29) is 23.7 Å². The van der Waals surface area contributed by atoms with Crippen molar-refractivity contribution in [2.75, 3.05) is 23.9 Å². The number of carbonyl (C=O) groups is 3. The zero-order chi connectivity index (χ0) is 20.8. The number of para-hydroxylation sites is 1. The Morgan fingerprint density at radius 3 is 2.41 bits per heavy atom. The van der Waals surface area contributed by atoms with Crippen molar-refractivity contribution in [3.8, 4) is 0 Å². The van der Waals surface area contributed by atoms with Gasteiger partial charge >= 0.3 is 5.97 Å². The number of anilines is 2. The molecule has 0 radical (unpaired) electrons. The summed E-state index contributed by atoms with van der Waals surface area (Å²) in [5, 5.41) is 2.83. The molecule has 6 heteroatoms. The molecule has 1 aliphatic rings. The minimum atomic E-state index is -0.373. The van der Waals surface area contributed by atoms with Crippen LogP contribution in [0, 0.1) is 5.92 Å². The smallest absolute Gasteiger partial charge is 0.338 e. The number of benzene rings is 2. The lowest BCUT2D eigenvalue weighted by Crippen LogP contribution is -2.29. The average Bonchev–Trinajstić information content (AvgIpc) is 3.58. The number of hydrogen-bond donors (Lipinski definition) is 1. The third kappa shape index (κ3) is 5.22. The molecule has 1 saturated carbocycles. The Hall–Kier alpha value is -3.15. The molecule has 0 bridgehead atoms. The topological polar surface area (TPSA) is 75.7 Å². The summed E-state index contributed by atoms with van der Waals surface area (Å²) in [6, 6.07) is 13.6. The maximum Gasteiger partial charge on any atom is 0.338 e. The molecule has 0 aliphatic heterocycles. The Kier molecular flexibility index (Phi) is 6.65. The van der Waals surface area contributed by atoms with Crippen molar-refractivity contribution in [1.29, 1.82) is 0 Å². The first-order valence-corrected chi connectivity index (χ1v) is 9.96. The standard InChI is InChI=1S/C23H26N2O4/c1-3-4-15-29-23(28)17-11-13-18(14-12-17)24-21(26)19-7-5-6-8-20(19)25(2)22(27)16-9-10-16/h5-8,11-14,16H,3-4,9-10,15H2,1-2H3,(H,24,26). The number of unbranched alkanes of at least 4 members (excludes halogenated alkanes) is 1. The van der Waals surface area contributed by atoms with Gasteiger partial charge in [0.15, 0.2) is 0 Å². The molecule has 0 saturated heterocycles. The van der Waals surface area contributed by atoms with E-state index in [1.807, 2.05) is 13.0 Å². The van der Waals surface area contributed by atoms with Gasteiger partial charge in [0.05, 0.1) is 23.4 Å². The fourth-order valence-corrected chi connectivity index (χ4v) is 2.96. The van der Waals surface area contributed by atoms with Gasteiger partial charge in [-0.25, -0.2) is 4.79 Å². The van der Waals surface area contributed by atoms with E-state index in [4.69, 9.17) is 4.74 Å². The number of nitrogens with zero attached hydrogens (tertiary/aromatic N) is 1. The van der Waals surface area contributed by atoms with Gasteiger partial charge in [0, 0.05) is 18.7 Å². The minimum Gasteiger partial charge on any atom is -0.462 e. The molecule has 2 amide bonds. The summed E-state index contributed by atoms with van der Waals surface area (Å²) < 4.78 is 5.18. The summed E-state index contributed by atoms with van der Waals surface area (Å²) in [7, 11) is 1.70. The third-order valence-corrected chi connectivity index (χ3v) is 4.88. The van der Waals surface area contributed by atoms with Crippen LogP contribution in [0.15, 0.2) is 48.5 Å². The van der Waals surface area contributed by atoms with E-state index in [0.29, 0.717) is 29.1 Å². The number of nitrogens with one attached hydrogen (secondary N) is 1. The molecule has 3 rings (SSSR count). The highest BCUT2D eigenvalue weighted by molar-refractivity contribution is 6.11. The van der Waals surface area contributed by atoms with Crippen molar-refractivity contribution in [1.82, 2.24) is 0 Å². The zero-order valence-electron chi connectivity index (χ0n) is 16.8. The van der Waals surface area contributed by atoms with E-state index >= 15 is 0 Å². The summed E-state index contributed by atoms with van der Waals surface area (Å²) >= 11 is 0. The molecule has 0 spiro atoms. The first kappa shape index (κ1) is 20.6. The van der Waals surface area contributed by atoms with Crippen LogP contribution in [-0.4, -0.2) is 31.4 Å². The molecule has 29 heavy (non-hydrogen) atoms. The first-order valence-electron chi connectivity index (χ1n) is 9.96. The maximum atomic E-state index is 12.8. The number of ether oxygens (including phenoxy) is 1. The van der Waals surface area contributed by atoms with Crippen molar-refractivity contribution in [3.05, 3.63) is 59.7 Å². The fraction of sp³-hybridized carbons (Fsp3) is 0.348. The molecule has 0 aromatic heterocycles. The highest BCUT2D eigenvalue weighted by Crippen LogP contribution is 2.33. The molecule has 2 aromatic rings. The van der Waals surface area contributed by atoms with Gasteiger partial charge in [-0.1, -0.05) is 25.5 Å². The molecule has 6 nitrogen and oxygen atoms in total. The summed E-state index contributed by atoms with van der Waals surface area (Å²) in [6.45, 7) is 2.43. The van der Waals surface area contributed by atoms with E-state index in [1.165, 1.54) is 0 Å². The predicted molar refractivity (Wildman–Crippen MR) is 112 cm³/mol. The van der Waals surface area contributed by atoms with Gasteiger partial charge in [0.25, 0.3) is 5.91 Å². The molecule has 152 valence electrons. The van der Waals surface area contributed by atoms with E-state index in [9.17, 15) is 14.4 Å². The summed E-state index contributed by atoms with van der Waals surface area (Å²) in [5.74, 6) is -0.576. The van der Waals surface area contributed by atoms with Crippen LogP contribution >= 0.6 is 0 Å². The molecule has 1 N–H and O–H groups in total. The van der Waals surface area contributed by atoms with Crippen molar-refractivity contribution >= 4 is 29.2 Å². The Bertz CT molecular complexity index is 888. The van der Waals surface area contributed by atoms with Gasteiger partial charge in [-0.2, -0.15) is 0 Å². The highest BCUT2D eigenvalue weighted by Gasteiger charge is 2.33. The maximum absolute atomic E-state index is 12.8. The van der Waals surface area contributed by atoms with Crippen LogP contribution in [0.25, 0.3) is 0 Å². The SMILES string of the molecule is CCCCOC(=O)c1ccc(NC(=O)c2ccccc2N(C)C(=O)C2CC2)cc1.